The number of hydrogen-bond acceptors (Lipinski definition) is 2. The highest BCUT2D eigenvalue weighted by molar-refractivity contribution is 5.41. The van der Waals surface area contributed by atoms with E-state index in [0.717, 1.165) is 18.8 Å². The Bertz CT molecular complexity index is 348. The molecule has 0 radical (unpaired) electrons. The van der Waals surface area contributed by atoms with Gasteiger partial charge in [-0.05, 0) is 30.5 Å². The van der Waals surface area contributed by atoms with Gasteiger partial charge in [0.05, 0.1) is 6.61 Å². The lowest BCUT2D eigenvalue weighted by atomic mass is 9.81. The first kappa shape index (κ1) is 9.53. The third-order valence-electron chi connectivity index (χ3n) is 3.04. The first-order chi connectivity index (χ1) is 6.64. The molecule has 0 fully saturated rings. The Hall–Kier alpha value is -1.02. The predicted molar refractivity (Wildman–Crippen MR) is 57.5 cm³/mol. The Kier molecular flexibility index (Phi) is 2.23. The van der Waals surface area contributed by atoms with Crippen LogP contribution >= 0.6 is 0 Å². The fourth-order valence-corrected chi connectivity index (χ4v) is 1.90. The zero-order valence-electron chi connectivity index (χ0n) is 8.84. The van der Waals surface area contributed by atoms with E-state index < -0.39 is 0 Å². The fraction of sp³-hybridized carbons (Fsp3) is 0.500. The molecule has 14 heavy (non-hydrogen) atoms. The van der Waals surface area contributed by atoms with Crippen LogP contribution in [0.5, 0.6) is 5.75 Å². The first-order valence-corrected chi connectivity index (χ1v) is 5.06. The van der Waals surface area contributed by atoms with Crippen LogP contribution in [0.1, 0.15) is 18.1 Å². The van der Waals surface area contributed by atoms with Crippen molar-refractivity contribution >= 4 is 0 Å². The maximum absolute atomic E-state index is 5.76. The van der Waals surface area contributed by atoms with Crippen molar-refractivity contribution in [1.82, 2.24) is 0 Å². The normalized spacial score (nSPS) is 25.4. The minimum absolute atomic E-state index is 0.110. The maximum Gasteiger partial charge on any atom is 0.122 e. The molecule has 0 spiro atoms. The van der Waals surface area contributed by atoms with E-state index in [1.165, 1.54) is 11.1 Å². The Morgan fingerprint density at radius 1 is 1.50 bits per heavy atom. The van der Waals surface area contributed by atoms with Gasteiger partial charge < -0.3 is 10.5 Å². The maximum atomic E-state index is 5.76. The predicted octanol–water partition coefficient (Wildman–Crippen LogP) is 1.89. The number of benzene rings is 1. The summed E-state index contributed by atoms with van der Waals surface area (Å²) in [6, 6.07) is 6.21. The van der Waals surface area contributed by atoms with Crippen LogP contribution < -0.4 is 10.5 Å². The summed E-state index contributed by atoms with van der Waals surface area (Å²) in [6.45, 7) is 5.73. The molecule has 2 nitrogen and oxygen atoms in total. The van der Waals surface area contributed by atoms with E-state index >= 15 is 0 Å². The number of hydrogen-bond donors (Lipinski definition) is 1. The molecule has 1 aromatic rings. The average Bonchev–Trinajstić information content (AvgIpc) is 2.20. The number of nitrogens with two attached hydrogens (primary N) is 1. The molecule has 0 amide bonds. The van der Waals surface area contributed by atoms with Gasteiger partial charge in [0.25, 0.3) is 0 Å². The lowest BCUT2D eigenvalue weighted by Crippen LogP contribution is -2.38. The first-order valence-electron chi connectivity index (χ1n) is 5.06. The van der Waals surface area contributed by atoms with Gasteiger partial charge in [0.15, 0.2) is 0 Å². The van der Waals surface area contributed by atoms with E-state index in [0.29, 0.717) is 6.54 Å². The number of aryl methyl sites for hydroxylation is 1. The van der Waals surface area contributed by atoms with Gasteiger partial charge in [-0.15, -0.1) is 0 Å². The third-order valence-corrected chi connectivity index (χ3v) is 3.04. The van der Waals surface area contributed by atoms with Crippen molar-refractivity contribution in [2.24, 2.45) is 11.1 Å². The van der Waals surface area contributed by atoms with Crippen molar-refractivity contribution in [3.63, 3.8) is 0 Å². The smallest absolute Gasteiger partial charge is 0.122 e. The lowest BCUT2D eigenvalue weighted by Gasteiger charge is -2.34. The van der Waals surface area contributed by atoms with Gasteiger partial charge in [-0.25, -0.2) is 0 Å². The summed E-state index contributed by atoms with van der Waals surface area (Å²) in [6.07, 6.45) is 1.03. The zero-order chi connectivity index (χ0) is 10.2. The van der Waals surface area contributed by atoms with Crippen LogP contribution in [-0.2, 0) is 6.42 Å². The van der Waals surface area contributed by atoms with E-state index in [1.54, 1.807) is 0 Å². The molecule has 1 aliphatic rings. The fourth-order valence-electron chi connectivity index (χ4n) is 1.90. The summed E-state index contributed by atoms with van der Waals surface area (Å²) in [5.41, 5.74) is 8.51. The van der Waals surface area contributed by atoms with Gasteiger partial charge in [-0.2, -0.15) is 0 Å². The van der Waals surface area contributed by atoms with Crippen molar-refractivity contribution in [3.05, 3.63) is 29.3 Å². The van der Waals surface area contributed by atoms with E-state index in [4.69, 9.17) is 10.5 Å². The minimum Gasteiger partial charge on any atom is -0.493 e. The molecule has 1 heterocycles. The highest BCUT2D eigenvalue weighted by atomic mass is 16.5. The molecule has 1 unspecified atom stereocenters. The van der Waals surface area contributed by atoms with E-state index in [-0.39, 0.29) is 5.41 Å². The Labute approximate surface area is 85.1 Å². The molecular formula is C12H17NO. The van der Waals surface area contributed by atoms with Crippen LogP contribution in [0, 0.1) is 12.3 Å². The topological polar surface area (TPSA) is 35.2 Å². The van der Waals surface area contributed by atoms with Crippen molar-refractivity contribution in [2.75, 3.05) is 13.2 Å². The van der Waals surface area contributed by atoms with Gasteiger partial charge in [0.2, 0.25) is 0 Å². The van der Waals surface area contributed by atoms with E-state index in [9.17, 15) is 0 Å². The van der Waals surface area contributed by atoms with Crippen LogP contribution in [0.3, 0.4) is 0 Å². The lowest BCUT2D eigenvalue weighted by molar-refractivity contribution is 0.144. The summed E-state index contributed by atoms with van der Waals surface area (Å²) < 4.78 is 5.73. The SMILES string of the molecule is Cc1cccc2c1CC(C)(CN)CO2. The molecule has 2 rings (SSSR count). The van der Waals surface area contributed by atoms with Crippen LogP contribution in [0.4, 0.5) is 0 Å². The number of fused-ring (bicyclic) bond motifs is 1. The Morgan fingerprint density at radius 3 is 3.00 bits per heavy atom. The van der Waals surface area contributed by atoms with Crippen LogP contribution in [-0.4, -0.2) is 13.2 Å². The molecule has 1 aromatic carbocycles. The molecule has 0 bridgehead atoms. The summed E-state index contributed by atoms with van der Waals surface area (Å²) in [4.78, 5) is 0. The molecule has 76 valence electrons. The summed E-state index contributed by atoms with van der Waals surface area (Å²) in [7, 11) is 0. The molecule has 2 N–H and O–H groups in total. The zero-order valence-corrected chi connectivity index (χ0v) is 8.84. The Balaban J connectivity index is 2.38. The standard InChI is InChI=1S/C12H17NO/c1-9-4-3-5-11-10(9)6-12(2,7-13)8-14-11/h3-5H,6-8,13H2,1-2H3. The molecule has 1 atom stereocenters. The third kappa shape index (κ3) is 1.50. The quantitative estimate of drug-likeness (QED) is 0.735. The minimum atomic E-state index is 0.110. The van der Waals surface area contributed by atoms with Crippen molar-refractivity contribution in [1.29, 1.82) is 0 Å². The van der Waals surface area contributed by atoms with Gasteiger partial charge in [-0.1, -0.05) is 19.1 Å². The molecule has 0 saturated carbocycles. The summed E-state index contributed by atoms with van der Waals surface area (Å²) in [5.74, 6) is 1.04. The second-order valence-electron chi connectivity index (χ2n) is 4.53. The van der Waals surface area contributed by atoms with Gasteiger partial charge in [-0.3, -0.25) is 0 Å². The molecule has 1 aliphatic heterocycles. The van der Waals surface area contributed by atoms with Crippen molar-refractivity contribution in [2.45, 2.75) is 20.3 Å². The number of rotatable bonds is 1. The average molecular weight is 191 g/mol. The largest absolute Gasteiger partial charge is 0.493 e. The molecule has 0 saturated heterocycles. The van der Waals surface area contributed by atoms with Crippen LogP contribution in [0.2, 0.25) is 0 Å². The molecule has 2 heteroatoms. The highest BCUT2D eigenvalue weighted by Crippen LogP contribution is 2.35. The molecule has 0 aliphatic carbocycles. The molecule has 0 aromatic heterocycles. The van der Waals surface area contributed by atoms with E-state index in [2.05, 4.69) is 19.9 Å². The second-order valence-corrected chi connectivity index (χ2v) is 4.53. The van der Waals surface area contributed by atoms with Crippen molar-refractivity contribution < 1.29 is 4.74 Å². The monoisotopic (exact) mass is 191 g/mol. The number of ether oxygens (including phenoxy) is 1. The van der Waals surface area contributed by atoms with Gasteiger partial charge >= 0.3 is 0 Å². The van der Waals surface area contributed by atoms with Crippen LogP contribution in [0.15, 0.2) is 18.2 Å². The van der Waals surface area contributed by atoms with Crippen molar-refractivity contribution in [3.8, 4) is 5.75 Å². The molecular weight excluding hydrogens is 174 g/mol. The van der Waals surface area contributed by atoms with E-state index in [1.807, 2.05) is 12.1 Å². The highest BCUT2D eigenvalue weighted by Gasteiger charge is 2.30. The van der Waals surface area contributed by atoms with Crippen LogP contribution in [0.25, 0.3) is 0 Å². The summed E-state index contributed by atoms with van der Waals surface area (Å²) in [5, 5.41) is 0. The summed E-state index contributed by atoms with van der Waals surface area (Å²) >= 11 is 0. The van der Waals surface area contributed by atoms with Gasteiger partial charge in [0, 0.05) is 12.0 Å². The Morgan fingerprint density at radius 2 is 2.29 bits per heavy atom. The second kappa shape index (κ2) is 3.28. The van der Waals surface area contributed by atoms with Gasteiger partial charge in [0.1, 0.15) is 5.75 Å².